The van der Waals surface area contributed by atoms with Crippen LogP contribution < -0.4 is 4.74 Å². The molecule has 0 saturated carbocycles. The molecule has 1 aromatic carbocycles. The summed E-state index contributed by atoms with van der Waals surface area (Å²) in [6.45, 7) is 7.94. The Kier molecular flexibility index (Phi) is 10.9. The number of aromatic nitrogens is 5. The van der Waals surface area contributed by atoms with Crippen molar-refractivity contribution in [2.75, 3.05) is 7.11 Å². The number of nitrogens with zero attached hydrogens (tertiary/aromatic N) is 5. The minimum Gasteiger partial charge on any atom is -0.497 e. The lowest BCUT2D eigenvalue weighted by molar-refractivity contribution is 0.0931. The Balaban J connectivity index is 0.000000382. The highest BCUT2D eigenvalue weighted by Crippen LogP contribution is 2.31. The van der Waals surface area contributed by atoms with Crippen molar-refractivity contribution in [3.05, 3.63) is 59.9 Å². The molecule has 0 bridgehead atoms. The fourth-order valence-electron chi connectivity index (χ4n) is 2.99. The molecule has 0 radical (unpaired) electrons. The zero-order chi connectivity index (χ0) is 23.3. The van der Waals surface area contributed by atoms with E-state index in [4.69, 9.17) is 4.74 Å². The van der Waals surface area contributed by atoms with E-state index in [0.29, 0.717) is 0 Å². The van der Waals surface area contributed by atoms with E-state index in [-0.39, 0.29) is 32.6 Å². The summed E-state index contributed by atoms with van der Waals surface area (Å²) in [4.78, 5) is 17.5. The third-order valence-corrected chi connectivity index (χ3v) is 5.59. The third kappa shape index (κ3) is 6.63. The maximum atomic E-state index is 11.4. The molecular formula is C26H37N5O2S. The standard InChI is InChI=1S/C15H16N4OS.C9H13NO.2CH4/c1-10(2)19-17-13(11-4-6-12(20-3)7-5-11)14(18-19)15-16-8-9-21-15;1-7(2)9(11)8-5-4-6-10(8)3;;/h4-10H,1-3H3;4-7H,1-3H3;2*1H4. The molecule has 8 heteroatoms. The monoisotopic (exact) mass is 483 g/mol. The highest BCUT2D eigenvalue weighted by Gasteiger charge is 2.18. The molecule has 0 saturated heterocycles. The van der Waals surface area contributed by atoms with Crippen LogP contribution in [0.2, 0.25) is 0 Å². The van der Waals surface area contributed by atoms with Crippen molar-refractivity contribution in [3.63, 3.8) is 0 Å². The highest BCUT2D eigenvalue weighted by atomic mass is 32.1. The second kappa shape index (κ2) is 12.8. The molecule has 3 heterocycles. The number of hydrogen-bond acceptors (Lipinski definition) is 6. The molecule has 0 aliphatic heterocycles. The van der Waals surface area contributed by atoms with E-state index in [1.165, 1.54) is 0 Å². The summed E-state index contributed by atoms with van der Waals surface area (Å²) in [6, 6.07) is 11.8. The lowest BCUT2D eigenvalue weighted by atomic mass is 10.1. The highest BCUT2D eigenvalue weighted by molar-refractivity contribution is 7.13. The molecule has 0 amide bonds. The minimum absolute atomic E-state index is 0. The summed E-state index contributed by atoms with van der Waals surface area (Å²) >= 11 is 1.57. The van der Waals surface area contributed by atoms with Crippen LogP contribution in [0.1, 0.15) is 59.1 Å². The Morgan fingerprint density at radius 1 is 1.00 bits per heavy atom. The molecule has 0 aliphatic carbocycles. The van der Waals surface area contributed by atoms with Crippen LogP contribution >= 0.6 is 11.3 Å². The number of ether oxygens (including phenoxy) is 1. The number of benzene rings is 1. The van der Waals surface area contributed by atoms with E-state index < -0.39 is 0 Å². The summed E-state index contributed by atoms with van der Waals surface area (Å²) in [5.41, 5.74) is 3.47. The van der Waals surface area contributed by atoms with E-state index in [9.17, 15) is 4.79 Å². The van der Waals surface area contributed by atoms with Crippen molar-refractivity contribution in [1.29, 1.82) is 0 Å². The molecular weight excluding hydrogens is 446 g/mol. The molecule has 4 rings (SSSR count). The molecule has 34 heavy (non-hydrogen) atoms. The number of hydrogen-bond donors (Lipinski definition) is 0. The van der Waals surface area contributed by atoms with Crippen molar-refractivity contribution in [3.8, 4) is 27.7 Å². The maximum Gasteiger partial charge on any atom is 0.181 e. The van der Waals surface area contributed by atoms with Gasteiger partial charge in [0, 0.05) is 36.3 Å². The van der Waals surface area contributed by atoms with Crippen molar-refractivity contribution in [2.24, 2.45) is 13.0 Å². The Bertz CT molecular complexity index is 1140. The molecule has 7 nitrogen and oxygen atoms in total. The maximum absolute atomic E-state index is 11.4. The first-order valence-electron chi connectivity index (χ1n) is 10.5. The molecule has 0 unspecified atom stereocenters. The van der Waals surface area contributed by atoms with Crippen LogP contribution in [-0.4, -0.2) is 37.4 Å². The average Bonchev–Trinajstić information content (AvgIpc) is 3.54. The first-order valence-corrected chi connectivity index (χ1v) is 11.4. The molecule has 0 spiro atoms. The zero-order valence-corrected chi connectivity index (χ0v) is 20.1. The van der Waals surface area contributed by atoms with E-state index in [1.807, 2.05) is 73.4 Å². The van der Waals surface area contributed by atoms with E-state index >= 15 is 0 Å². The second-order valence-corrected chi connectivity index (χ2v) is 8.79. The summed E-state index contributed by atoms with van der Waals surface area (Å²) in [5, 5.41) is 12.0. The Morgan fingerprint density at radius 3 is 2.12 bits per heavy atom. The lowest BCUT2D eigenvalue weighted by Crippen LogP contribution is -2.11. The Labute approximate surface area is 207 Å². The number of aryl methyl sites for hydroxylation is 1. The third-order valence-electron chi connectivity index (χ3n) is 4.81. The van der Waals surface area contributed by atoms with Gasteiger partial charge in [0.15, 0.2) is 5.78 Å². The Hall–Kier alpha value is -3.26. The van der Waals surface area contributed by atoms with Crippen LogP contribution in [0.4, 0.5) is 0 Å². The average molecular weight is 484 g/mol. The van der Waals surface area contributed by atoms with Crippen LogP contribution in [0.15, 0.2) is 54.2 Å². The largest absolute Gasteiger partial charge is 0.497 e. The van der Waals surface area contributed by atoms with Gasteiger partial charge >= 0.3 is 0 Å². The molecule has 4 aromatic rings. The quantitative estimate of drug-likeness (QED) is 0.282. The summed E-state index contributed by atoms with van der Waals surface area (Å²) in [7, 11) is 3.54. The first kappa shape index (κ1) is 28.8. The number of carbonyl (C=O) groups excluding carboxylic acids is 1. The van der Waals surface area contributed by atoms with Crippen LogP contribution in [0.5, 0.6) is 5.75 Å². The molecule has 3 aromatic heterocycles. The van der Waals surface area contributed by atoms with Gasteiger partial charge in [-0.3, -0.25) is 4.79 Å². The normalized spacial score (nSPS) is 10.2. The molecule has 0 N–H and O–H groups in total. The van der Waals surface area contributed by atoms with Crippen molar-refractivity contribution < 1.29 is 9.53 Å². The van der Waals surface area contributed by atoms with Crippen molar-refractivity contribution >= 4 is 17.1 Å². The fourth-order valence-corrected chi connectivity index (χ4v) is 3.62. The predicted molar refractivity (Wildman–Crippen MR) is 142 cm³/mol. The molecule has 0 atom stereocenters. The van der Waals surface area contributed by atoms with Crippen molar-refractivity contribution in [1.82, 2.24) is 24.5 Å². The van der Waals surface area contributed by atoms with Gasteiger partial charge in [-0.1, -0.05) is 28.7 Å². The van der Waals surface area contributed by atoms with Crippen molar-refractivity contribution in [2.45, 2.75) is 48.6 Å². The van der Waals surface area contributed by atoms with Crippen LogP contribution in [0.3, 0.4) is 0 Å². The van der Waals surface area contributed by atoms with Gasteiger partial charge in [0.05, 0.1) is 18.8 Å². The smallest absolute Gasteiger partial charge is 0.181 e. The van der Waals surface area contributed by atoms with E-state index in [2.05, 4.69) is 29.0 Å². The van der Waals surface area contributed by atoms with E-state index in [0.717, 1.165) is 33.4 Å². The fraction of sp³-hybridized carbons (Fsp3) is 0.385. The van der Waals surface area contributed by atoms with Gasteiger partial charge in [0.25, 0.3) is 0 Å². The predicted octanol–water partition coefficient (Wildman–Crippen LogP) is 6.79. The van der Waals surface area contributed by atoms with Gasteiger partial charge in [0.1, 0.15) is 22.1 Å². The van der Waals surface area contributed by atoms with Gasteiger partial charge in [-0.2, -0.15) is 9.90 Å². The number of Topliss-reactive ketones (excluding diaryl/α,β-unsaturated/α-hetero) is 1. The second-order valence-electron chi connectivity index (χ2n) is 7.90. The first-order chi connectivity index (χ1) is 15.3. The minimum atomic E-state index is 0. The zero-order valence-electron chi connectivity index (χ0n) is 19.3. The molecule has 0 aliphatic rings. The van der Waals surface area contributed by atoms with Gasteiger partial charge in [-0.05, 0) is 50.2 Å². The van der Waals surface area contributed by atoms with E-state index in [1.54, 1.807) is 29.4 Å². The SMILES string of the molecule is C.C.CC(C)C(=O)c1cccn1C.COc1ccc(-c2nn(C(C)C)nc2-c2nccs2)cc1. The number of rotatable bonds is 6. The summed E-state index contributed by atoms with van der Waals surface area (Å²) in [5.74, 6) is 1.12. The van der Waals surface area contributed by atoms with Crippen LogP contribution in [-0.2, 0) is 7.05 Å². The number of ketones is 1. The number of methoxy groups -OCH3 is 1. The summed E-state index contributed by atoms with van der Waals surface area (Å²) < 4.78 is 7.05. The number of carbonyl (C=O) groups is 1. The van der Waals surface area contributed by atoms with Gasteiger partial charge in [-0.25, -0.2) is 4.98 Å². The van der Waals surface area contributed by atoms with Gasteiger partial charge in [0.2, 0.25) is 0 Å². The van der Waals surface area contributed by atoms with Gasteiger partial charge in [-0.15, -0.1) is 16.4 Å². The summed E-state index contributed by atoms with van der Waals surface area (Å²) in [6.07, 6.45) is 3.67. The van der Waals surface area contributed by atoms with Gasteiger partial charge < -0.3 is 9.30 Å². The number of thiazole rings is 1. The topological polar surface area (TPSA) is 74.8 Å². The van der Waals surface area contributed by atoms with Crippen LogP contribution in [0.25, 0.3) is 22.0 Å². The Morgan fingerprint density at radius 2 is 1.65 bits per heavy atom. The van der Waals surface area contributed by atoms with Crippen LogP contribution in [0, 0.1) is 5.92 Å². The molecule has 0 fully saturated rings. The molecule has 184 valence electrons. The lowest BCUT2D eigenvalue weighted by Gasteiger charge is -2.04.